The van der Waals surface area contributed by atoms with Crippen LogP contribution < -0.4 is 10.2 Å². The van der Waals surface area contributed by atoms with Gasteiger partial charge in [0.15, 0.2) is 0 Å². The molecule has 0 radical (unpaired) electrons. The summed E-state index contributed by atoms with van der Waals surface area (Å²) in [5, 5.41) is 3.40. The summed E-state index contributed by atoms with van der Waals surface area (Å²) in [4.78, 5) is 11.5. The zero-order chi connectivity index (χ0) is 13.1. The van der Waals surface area contributed by atoms with Crippen LogP contribution in [-0.4, -0.2) is 29.6 Å². The largest absolute Gasteiger partial charge is 0.370 e. The molecule has 0 aromatic carbocycles. The molecule has 4 heteroatoms. The molecule has 0 amide bonds. The highest BCUT2D eigenvalue weighted by Crippen LogP contribution is 2.28. The molecule has 4 nitrogen and oxygen atoms in total. The van der Waals surface area contributed by atoms with E-state index in [9.17, 15) is 0 Å². The molecule has 18 heavy (non-hydrogen) atoms. The third-order valence-corrected chi connectivity index (χ3v) is 3.50. The lowest BCUT2D eigenvalue weighted by Crippen LogP contribution is -2.23. The van der Waals surface area contributed by atoms with E-state index in [2.05, 4.69) is 41.0 Å². The van der Waals surface area contributed by atoms with Gasteiger partial charge in [-0.05, 0) is 32.6 Å². The van der Waals surface area contributed by atoms with Crippen molar-refractivity contribution < 1.29 is 0 Å². The molecule has 1 aliphatic heterocycles. The van der Waals surface area contributed by atoms with Crippen molar-refractivity contribution in [1.29, 1.82) is 0 Å². The van der Waals surface area contributed by atoms with Crippen molar-refractivity contribution in [3.05, 3.63) is 11.4 Å². The standard InChI is InChI=1S/C14H24N4/c1-5-7-15-13-11(3)14(17-12(4)16-13)18-8-6-10(2)9-18/h10H,5-9H2,1-4H3,(H,15,16,17). The van der Waals surface area contributed by atoms with Gasteiger partial charge in [0, 0.05) is 25.2 Å². The summed E-state index contributed by atoms with van der Waals surface area (Å²) in [6, 6.07) is 0. The molecule has 2 heterocycles. The third kappa shape index (κ3) is 2.74. The number of aryl methyl sites for hydroxylation is 1. The van der Waals surface area contributed by atoms with Crippen LogP contribution in [0, 0.1) is 19.8 Å². The van der Waals surface area contributed by atoms with Crippen LogP contribution in [0.4, 0.5) is 11.6 Å². The normalized spacial score (nSPS) is 19.3. The van der Waals surface area contributed by atoms with E-state index in [1.165, 1.54) is 12.0 Å². The minimum atomic E-state index is 0.770. The Kier molecular flexibility index (Phi) is 4.04. The summed E-state index contributed by atoms with van der Waals surface area (Å²) < 4.78 is 0. The molecule has 1 aromatic rings. The first-order chi connectivity index (χ1) is 8.61. The molecule has 1 aromatic heterocycles. The van der Waals surface area contributed by atoms with Gasteiger partial charge in [-0.1, -0.05) is 13.8 Å². The number of nitrogens with one attached hydrogen (secondary N) is 1. The Morgan fingerprint density at radius 1 is 1.33 bits per heavy atom. The van der Waals surface area contributed by atoms with Crippen LogP contribution in [0.1, 0.15) is 38.1 Å². The minimum absolute atomic E-state index is 0.770. The van der Waals surface area contributed by atoms with Crippen LogP contribution in [0.3, 0.4) is 0 Å². The molecule has 100 valence electrons. The number of aromatic nitrogens is 2. The third-order valence-electron chi connectivity index (χ3n) is 3.50. The molecule has 1 atom stereocenters. The number of anilines is 2. The Bertz CT molecular complexity index is 417. The van der Waals surface area contributed by atoms with Gasteiger partial charge in [-0.15, -0.1) is 0 Å². The molecule has 1 saturated heterocycles. The lowest BCUT2D eigenvalue weighted by atomic mass is 10.2. The van der Waals surface area contributed by atoms with Crippen molar-refractivity contribution in [2.75, 3.05) is 29.9 Å². The Morgan fingerprint density at radius 2 is 2.11 bits per heavy atom. The van der Waals surface area contributed by atoms with Gasteiger partial charge in [0.2, 0.25) is 0 Å². The van der Waals surface area contributed by atoms with E-state index in [1.807, 2.05) is 6.92 Å². The van der Waals surface area contributed by atoms with E-state index < -0.39 is 0 Å². The van der Waals surface area contributed by atoms with Gasteiger partial charge in [-0.2, -0.15) is 0 Å². The minimum Gasteiger partial charge on any atom is -0.370 e. The fraction of sp³-hybridized carbons (Fsp3) is 0.714. The second kappa shape index (κ2) is 5.55. The van der Waals surface area contributed by atoms with Crippen molar-refractivity contribution in [3.63, 3.8) is 0 Å². The highest BCUT2D eigenvalue weighted by molar-refractivity contribution is 5.59. The van der Waals surface area contributed by atoms with Crippen molar-refractivity contribution in [2.24, 2.45) is 5.92 Å². The first kappa shape index (κ1) is 13.1. The second-order valence-electron chi connectivity index (χ2n) is 5.33. The van der Waals surface area contributed by atoms with Crippen LogP contribution in [0.25, 0.3) is 0 Å². The van der Waals surface area contributed by atoms with Crippen LogP contribution in [0.15, 0.2) is 0 Å². The SMILES string of the molecule is CCCNc1nc(C)nc(N2CCC(C)C2)c1C. The van der Waals surface area contributed by atoms with Gasteiger partial charge in [-0.25, -0.2) is 9.97 Å². The molecule has 2 rings (SSSR count). The Labute approximate surface area is 110 Å². The van der Waals surface area contributed by atoms with Gasteiger partial charge in [0.05, 0.1) is 0 Å². The maximum Gasteiger partial charge on any atom is 0.137 e. The molecule has 1 unspecified atom stereocenters. The summed E-state index contributed by atoms with van der Waals surface area (Å²) in [6.45, 7) is 11.8. The number of nitrogens with zero attached hydrogens (tertiary/aromatic N) is 3. The maximum absolute atomic E-state index is 4.63. The quantitative estimate of drug-likeness (QED) is 0.889. The summed E-state index contributed by atoms with van der Waals surface area (Å²) in [7, 11) is 0. The molecule has 1 aliphatic rings. The summed E-state index contributed by atoms with van der Waals surface area (Å²) in [5.41, 5.74) is 1.18. The average Bonchev–Trinajstić information content (AvgIpc) is 2.76. The van der Waals surface area contributed by atoms with E-state index in [0.29, 0.717) is 0 Å². The molecular weight excluding hydrogens is 224 g/mol. The van der Waals surface area contributed by atoms with E-state index in [0.717, 1.165) is 49.4 Å². The zero-order valence-electron chi connectivity index (χ0n) is 12.0. The van der Waals surface area contributed by atoms with Gasteiger partial charge in [0.25, 0.3) is 0 Å². The monoisotopic (exact) mass is 248 g/mol. The summed E-state index contributed by atoms with van der Waals surface area (Å²) in [6.07, 6.45) is 2.37. The number of hydrogen-bond donors (Lipinski definition) is 1. The first-order valence-corrected chi connectivity index (χ1v) is 6.95. The van der Waals surface area contributed by atoms with E-state index in [4.69, 9.17) is 0 Å². The Balaban J connectivity index is 2.26. The van der Waals surface area contributed by atoms with Crippen LogP contribution in [0.5, 0.6) is 0 Å². The van der Waals surface area contributed by atoms with Crippen molar-refractivity contribution >= 4 is 11.6 Å². The van der Waals surface area contributed by atoms with Gasteiger partial charge < -0.3 is 10.2 Å². The maximum atomic E-state index is 4.63. The molecule has 0 spiro atoms. The number of hydrogen-bond acceptors (Lipinski definition) is 4. The lowest BCUT2D eigenvalue weighted by Gasteiger charge is -2.21. The van der Waals surface area contributed by atoms with E-state index in [-0.39, 0.29) is 0 Å². The first-order valence-electron chi connectivity index (χ1n) is 6.95. The van der Waals surface area contributed by atoms with Crippen LogP contribution in [0.2, 0.25) is 0 Å². The molecule has 0 bridgehead atoms. The fourth-order valence-electron chi connectivity index (χ4n) is 2.46. The van der Waals surface area contributed by atoms with Crippen LogP contribution in [-0.2, 0) is 0 Å². The highest BCUT2D eigenvalue weighted by Gasteiger charge is 2.22. The van der Waals surface area contributed by atoms with Gasteiger partial charge in [-0.3, -0.25) is 0 Å². The van der Waals surface area contributed by atoms with Crippen molar-refractivity contribution in [1.82, 2.24) is 9.97 Å². The predicted octanol–water partition coefficient (Wildman–Crippen LogP) is 2.76. The zero-order valence-corrected chi connectivity index (χ0v) is 12.0. The fourth-order valence-corrected chi connectivity index (χ4v) is 2.46. The smallest absolute Gasteiger partial charge is 0.137 e. The van der Waals surface area contributed by atoms with E-state index in [1.54, 1.807) is 0 Å². The van der Waals surface area contributed by atoms with Crippen molar-refractivity contribution in [3.8, 4) is 0 Å². The Morgan fingerprint density at radius 3 is 2.72 bits per heavy atom. The molecule has 0 saturated carbocycles. The second-order valence-corrected chi connectivity index (χ2v) is 5.33. The number of rotatable bonds is 4. The van der Waals surface area contributed by atoms with Gasteiger partial charge >= 0.3 is 0 Å². The highest BCUT2D eigenvalue weighted by atomic mass is 15.2. The summed E-state index contributed by atoms with van der Waals surface area (Å²) in [5.74, 6) is 3.74. The molecule has 0 aliphatic carbocycles. The topological polar surface area (TPSA) is 41.1 Å². The lowest BCUT2D eigenvalue weighted by molar-refractivity contribution is 0.658. The average molecular weight is 248 g/mol. The van der Waals surface area contributed by atoms with Gasteiger partial charge in [0.1, 0.15) is 17.5 Å². The predicted molar refractivity (Wildman–Crippen MR) is 76.3 cm³/mol. The molecule has 1 N–H and O–H groups in total. The molecular formula is C14H24N4. The van der Waals surface area contributed by atoms with Crippen LogP contribution >= 0.6 is 0 Å². The Hall–Kier alpha value is -1.32. The van der Waals surface area contributed by atoms with Crippen molar-refractivity contribution in [2.45, 2.75) is 40.5 Å². The molecule has 1 fully saturated rings. The van der Waals surface area contributed by atoms with E-state index >= 15 is 0 Å². The summed E-state index contributed by atoms with van der Waals surface area (Å²) >= 11 is 0.